The number of benzene rings is 2. The maximum absolute atomic E-state index is 3.74. The Morgan fingerprint density at radius 3 is 2.48 bits per heavy atom. The normalized spacial score (nSPS) is 17.5. The summed E-state index contributed by atoms with van der Waals surface area (Å²) in [4.78, 5) is 3.74. The van der Waals surface area contributed by atoms with Gasteiger partial charge in [-0.3, -0.25) is 0 Å². The van der Waals surface area contributed by atoms with Gasteiger partial charge in [0.15, 0.2) is 0 Å². The molecule has 1 aliphatic heterocycles. The van der Waals surface area contributed by atoms with Crippen LogP contribution in [0.5, 0.6) is 0 Å². The molecule has 2 heteroatoms. The van der Waals surface area contributed by atoms with Crippen molar-refractivity contribution in [2.24, 2.45) is 0 Å². The molecule has 2 aromatic carbocycles. The summed E-state index contributed by atoms with van der Waals surface area (Å²) in [6, 6.07) is 11.7. The first-order valence-corrected chi connectivity index (χ1v) is 8.47. The second-order valence-corrected chi connectivity index (χ2v) is 7.02. The van der Waals surface area contributed by atoms with E-state index in [1.165, 1.54) is 50.0 Å². The van der Waals surface area contributed by atoms with Crippen LogP contribution in [0.25, 0.3) is 10.9 Å². The van der Waals surface area contributed by atoms with Gasteiger partial charge in [0.05, 0.1) is 6.04 Å². The van der Waals surface area contributed by atoms with Crippen molar-refractivity contribution in [2.45, 2.75) is 40.2 Å². The van der Waals surface area contributed by atoms with Gasteiger partial charge in [-0.05, 0) is 62.4 Å². The predicted molar refractivity (Wildman–Crippen MR) is 97.2 cm³/mol. The molecule has 0 bridgehead atoms. The van der Waals surface area contributed by atoms with Gasteiger partial charge in [-0.25, -0.2) is 0 Å². The SMILES string of the molecule is Cc1ccc(C2NCCc3c2[nH]c2c(C)cc(C)cc32)c(C)c1. The number of hydrogen-bond acceptors (Lipinski definition) is 1. The highest BCUT2D eigenvalue weighted by molar-refractivity contribution is 5.88. The molecule has 0 spiro atoms. The summed E-state index contributed by atoms with van der Waals surface area (Å²) in [5.74, 6) is 0. The highest BCUT2D eigenvalue weighted by Crippen LogP contribution is 2.36. The lowest BCUT2D eigenvalue weighted by atomic mass is 9.91. The molecule has 0 radical (unpaired) electrons. The van der Waals surface area contributed by atoms with E-state index in [9.17, 15) is 0 Å². The van der Waals surface area contributed by atoms with Crippen LogP contribution in [0, 0.1) is 27.7 Å². The van der Waals surface area contributed by atoms with Crippen molar-refractivity contribution >= 4 is 10.9 Å². The van der Waals surface area contributed by atoms with Gasteiger partial charge >= 0.3 is 0 Å². The highest BCUT2D eigenvalue weighted by atomic mass is 15.0. The zero-order valence-electron chi connectivity index (χ0n) is 14.4. The zero-order chi connectivity index (χ0) is 16.1. The van der Waals surface area contributed by atoms with E-state index in [-0.39, 0.29) is 6.04 Å². The summed E-state index contributed by atoms with van der Waals surface area (Å²) in [6.45, 7) is 9.80. The molecular formula is C21H24N2. The van der Waals surface area contributed by atoms with Gasteiger partial charge in [-0.15, -0.1) is 0 Å². The predicted octanol–water partition coefficient (Wildman–Crippen LogP) is 4.64. The van der Waals surface area contributed by atoms with Crippen molar-refractivity contribution in [1.82, 2.24) is 10.3 Å². The van der Waals surface area contributed by atoms with E-state index in [1.54, 1.807) is 0 Å². The largest absolute Gasteiger partial charge is 0.356 e. The molecule has 1 atom stereocenters. The Kier molecular flexibility index (Phi) is 3.31. The molecule has 0 amide bonds. The fourth-order valence-electron chi connectivity index (χ4n) is 4.10. The molecule has 4 rings (SSSR count). The molecule has 1 aliphatic rings. The quantitative estimate of drug-likeness (QED) is 0.673. The number of rotatable bonds is 1. The second-order valence-electron chi connectivity index (χ2n) is 7.02. The van der Waals surface area contributed by atoms with Crippen LogP contribution in [0.15, 0.2) is 30.3 Å². The van der Waals surface area contributed by atoms with Crippen molar-refractivity contribution < 1.29 is 0 Å². The van der Waals surface area contributed by atoms with Crippen LogP contribution in [0.1, 0.15) is 45.1 Å². The van der Waals surface area contributed by atoms with Crippen molar-refractivity contribution in [2.75, 3.05) is 6.54 Å². The van der Waals surface area contributed by atoms with Gasteiger partial charge in [-0.2, -0.15) is 0 Å². The molecule has 1 unspecified atom stereocenters. The smallest absolute Gasteiger partial charge is 0.0734 e. The van der Waals surface area contributed by atoms with E-state index in [2.05, 4.69) is 68.3 Å². The summed E-state index contributed by atoms with van der Waals surface area (Å²) in [5, 5.41) is 5.13. The molecular weight excluding hydrogens is 280 g/mol. The van der Waals surface area contributed by atoms with Crippen molar-refractivity contribution in [1.29, 1.82) is 0 Å². The van der Waals surface area contributed by atoms with E-state index < -0.39 is 0 Å². The molecule has 2 nitrogen and oxygen atoms in total. The van der Waals surface area contributed by atoms with Gasteiger partial charge < -0.3 is 10.3 Å². The van der Waals surface area contributed by atoms with E-state index in [4.69, 9.17) is 0 Å². The molecule has 0 aliphatic carbocycles. The molecule has 0 fully saturated rings. The van der Waals surface area contributed by atoms with E-state index >= 15 is 0 Å². The molecule has 2 N–H and O–H groups in total. The molecule has 0 saturated carbocycles. The number of H-pyrrole nitrogens is 1. The third-order valence-corrected chi connectivity index (χ3v) is 5.14. The van der Waals surface area contributed by atoms with Gasteiger partial charge in [0, 0.05) is 23.1 Å². The molecule has 23 heavy (non-hydrogen) atoms. The average Bonchev–Trinajstić information content (AvgIpc) is 2.87. The lowest BCUT2D eigenvalue weighted by Crippen LogP contribution is -2.30. The Morgan fingerprint density at radius 1 is 0.913 bits per heavy atom. The zero-order valence-corrected chi connectivity index (χ0v) is 14.4. The Labute approximate surface area is 137 Å². The minimum absolute atomic E-state index is 0.270. The Morgan fingerprint density at radius 2 is 1.70 bits per heavy atom. The van der Waals surface area contributed by atoms with Gasteiger partial charge in [0.2, 0.25) is 0 Å². The van der Waals surface area contributed by atoms with Crippen LogP contribution < -0.4 is 5.32 Å². The van der Waals surface area contributed by atoms with Crippen LogP contribution >= 0.6 is 0 Å². The second kappa shape index (κ2) is 5.24. The molecule has 3 aromatic rings. The Bertz CT molecular complexity index is 902. The topological polar surface area (TPSA) is 27.8 Å². The monoisotopic (exact) mass is 304 g/mol. The van der Waals surface area contributed by atoms with Crippen LogP contribution in [-0.2, 0) is 6.42 Å². The number of nitrogens with one attached hydrogen (secondary N) is 2. The third kappa shape index (κ3) is 2.29. The van der Waals surface area contributed by atoms with Crippen LogP contribution in [0.2, 0.25) is 0 Å². The Balaban J connectivity index is 1.93. The standard InChI is InChI=1S/C21H24N2/c1-12-5-6-16(14(3)9-12)20-21-17(7-8-22-20)18-11-13(2)10-15(4)19(18)23-21/h5-6,9-11,20,22-23H,7-8H2,1-4H3. The van der Waals surface area contributed by atoms with E-state index in [0.29, 0.717) is 0 Å². The number of hydrogen-bond donors (Lipinski definition) is 2. The summed E-state index contributed by atoms with van der Waals surface area (Å²) < 4.78 is 0. The summed E-state index contributed by atoms with van der Waals surface area (Å²) in [6.07, 6.45) is 1.10. The Hall–Kier alpha value is -2.06. The first kappa shape index (κ1) is 14.5. The molecule has 2 heterocycles. The first-order valence-electron chi connectivity index (χ1n) is 8.47. The third-order valence-electron chi connectivity index (χ3n) is 5.14. The number of aromatic nitrogens is 1. The van der Waals surface area contributed by atoms with Gasteiger partial charge in [0.1, 0.15) is 0 Å². The van der Waals surface area contributed by atoms with Crippen molar-refractivity contribution in [3.8, 4) is 0 Å². The minimum atomic E-state index is 0.270. The number of aryl methyl sites for hydroxylation is 4. The van der Waals surface area contributed by atoms with E-state index in [0.717, 1.165) is 13.0 Å². The fraction of sp³-hybridized carbons (Fsp3) is 0.333. The maximum Gasteiger partial charge on any atom is 0.0734 e. The summed E-state index contributed by atoms with van der Waals surface area (Å²) in [7, 11) is 0. The van der Waals surface area contributed by atoms with E-state index in [1.807, 2.05) is 0 Å². The molecule has 0 saturated heterocycles. The van der Waals surface area contributed by atoms with Crippen molar-refractivity contribution in [3.05, 3.63) is 69.4 Å². The number of aromatic amines is 1. The van der Waals surface area contributed by atoms with Crippen LogP contribution in [-0.4, -0.2) is 11.5 Å². The number of fused-ring (bicyclic) bond motifs is 3. The van der Waals surface area contributed by atoms with Gasteiger partial charge in [-0.1, -0.05) is 35.4 Å². The van der Waals surface area contributed by atoms with Crippen LogP contribution in [0.3, 0.4) is 0 Å². The molecule has 118 valence electrons. The lowest BCUT2D eigenvalue weighted by Gasteiger charge is -2.26. The summed E-state index contributed by atoms with van der Waals surface area (Å²) >= 11 is 0. The van der Waals surface area contributed by atoms with Crippen LogP contribution in [0.4, 0.5) is 0 Å². The highest BCUT2D eigenvalue weighted by Gasteiger charge is 2.26. The lowest BCUT2D eigenvalue weighted by molar-refractivity contribution is 0.558. The van der Waals surface area contributed by atoms with Crippen molar-refractivity contribution in [3.63, 3.8) is 0 Å². The fourth-order valence-corrected chi connectivity index (χ4v) is 4.10. The first-order chi connectivity index (χ1) is 11.0. The average molecular weight is 304 g/mol. The summed E-state index contributed by atoms with van der Waals surface area (Å²) in [5.41, 5.74) is 10.9. The maximum atomic E-state index is 3.74. The minimum Gasteiger partial charge on any atom is -0.356 e. The molecule has 1 aromatic heterocycles. The van der Waals surface area contributed by atoms with Gasteiger partial charge in [0.25, 0.3) is 0 Å².